The molecule has 0 atom stereocenters. The largest absolute Gasteiger partial charge is 0.455 e. The molecule has 0 amide bonds. The van der Waals surface area contributed by atoms with Crippen LogP contribution in [0.25, 0.3) is 55.4 Å². The minimum absolute atomic E-state index is 0.505. The zero-order valence-corrected chi connectivity index (χ0v) is 23.8. The summed E-state index contributed by atoms with van der Waals surface area (Å²) in [5.41, 5.74) is 12.9. The van der Waals surface area contributed by atoms with Crippen LogP contribution >= 0.6 is 0 Å². The molecular formula is C41H26N2O. The third-order valence-electron chi connectivity index (χ3n) is 9.12. The van der Waals surface area contributed by atoms with Crippen molar-refractivity contribution in [1.29, 1.82) is 0 Å². The van der Waals surface area contributed by atoms with Gasteiger partial charge in [0, 0.05) is 34.3 Å². The van der Waals surface area contributed by atoms with Gasteiger partial charge in [0.1, 0.15) is 11.2 Å². The van der Waals surface area contributed by atoms with Crippen LogP contribution in [0.4, 0.5) is 0 Å². The van der Waals surface area contributed by atoms with E-state index in [1.807, 2.05) is 6.07 Å². The van der Waals surface area contributed by atoms with Crippen molar-refractivity contribution in [3.63, 3.8) is 0 Å². The fourth-order valence-electron chi connectivity index (χ4n) is 7.30. The molecule has 44 heavy (non-hydrogen) atoms. The number of hydrogen-bond acceptors (Lipinski definition) is 3. The minimum atomic E-state index is -0.505. The Labute approximate surface area is 255 Å². The molecule has 206 valence electrons. The van der Waals surface area contributed by atoms with Crippen molar-refractivity contribution < 1.29 is 4.42 Å². The summed E-state index contributed by atoms with van der Waals surface area (Å²) in [7, 11) is 0. The molecule has 0 radical (unpaired) electrons. The standard InChI is InChI=1S/C41H26N2O/c1-3-11-29(12-4-1)41(30-13-5-2-6-14-30)34-17-9-7-16-32(34)39-35(41)25-33-31-15-8-10-18-37(31)44-40(33)38(39)28-21-19-27(20-22-28)36-26-42-23-24-43-36/h1-26H. The van der Waals surface area contributed by atoms with Gasteiger partial charge in [-0.2, -0.15) is 0 Å². The quantitative estimate of drug-likeness (QED) is 0.214. The number of fused-ring (bicyclic) bond motifs is 6. The summed E-state index contributed by atoms with van der Waals surface area (Å²) in [4.78, 5) is 8.80. The van der Waals surface area contributed by atoms with Gasteiger partial charge >= 0.3 is 0 Å². The first-order chi connectivity index (χ1) is 21.8. The molecule has 0 saturated carbocycles. The SMILES string of the molecule is c1ccc(C2(c3ccccc3)c3ccccc3-c3c2cc2c(oc4ccccc42)c3-c2ccc(-c3cnccn3)cc2)cc1. The Morgan fingerprint density at radius 2 is 1.18 bits per heavy atom. The molecule has 3 nitrogen and oxygen atoms in total. The Balaban J connectivity index is 1.45. The Hall–Kier alpha value is -5.80. The van der Waals surface area contributed by atoms with E-state index < -0.39 is 5.41 Å². The molecule has 2 aromatic heterocycles. The van der Waals surface area contributed by atoms with E-state index in [4.69, 9.17) is 4.42 Å². The number of hydrogen-bond donors (Lipinski definition) is 0. The van der Waals surface area contributed by atoms with Crippen LogP contribution in [-0.4, -0.2) is 9.97 Å². The second-order valence-corrected chi connectivity index (χ2v) is 11.3. The number of aromatic nitrogens is 2. The number of nitrogens with zero attached hydrogens (tertiary/aromatic N) is 2. The normalized spacial score (nSPS) is 13.2. The lowest BCUT2D eigenvalue weighted by Crippen LogP contribution is -2.28. The lowest BCUT2D eigenvalue weighted by Gasteiger charge is -2.34. The van der Waals surface area contributed by atoms with E-state index in [2.05, 4.69) is 143 Å². The van der Waals surface area contributed by atoms with Crippen molar-refractivity contribution >= 4 is 21.9 Å². The molecule has 3 heteroatoms. The van der Waals surface area contributed by atoms with Gasteiger partial charge in [0.2, 0.25) is 0 Å². The molecule has 1 aliphatic carbocycles. The van der Waals surface area contributed by atoms with Gasteiger partial charge in [-0.3, -0.25) is 9.97 Å². The lowest BCUT2D eigenvalue weighted by atomic mass is 9.67. The van der Waals surface area contributed by atoms with Crippen molar-refractivity contribution in [3.8, 4) is 33.5 Å². The van der Waals surface area contributed by atoms with Crippen LogP contribution in [0.2, 0.25) is 0 Å². The predicted molar refractivity (Wildman–Crippen MR) is 177 cm³/mol. The van der Waals surface area contributed by atoms with E-state index >= 15 is 0 Å². The van der Waals surface area contributed by atoms with Crippen LogP contribution in [0.1, 0.15) is 22.3 Å². The average Bonchev–Trinajstić information content (AvgIpc) is 3.62. The maximum atomic E-state index is 6.75. The summed E-state index contributed by atoms with van der Waals surface area (Å²) >= 11 is 0. The van der Waals surface area contributed by atoms with Crippen molar-refractivity contribution in [2.24, 2.45) is 0 Å². The van der Waals surface area contributed by atoms with E-state index in [0.29, 0.717) is 0 Å². The number of rotatable bonds is 4. The van der Waals surface area contributed by atoms with Crippen LogP contribution in [0, 0.1) is 0 Å². The fourth-order valence-corrected chi connectivity index (χ4v) is 7.30. The highest BCUT2D eigenvalue weighted by Crippen LogP contribution is 2.60. The van der Waals surface area contributed by atoms with Crippen LogP contribution in [-0.2, 0) is 5.41 Å². The molecule has 6 aromatic carbocycles. The van der Waals surface area contributed by atoms with Crippen molar-refractivity contribution in [2.45, 2.75) is 5.41 Å². The molecule has 0 aliphatic heterocycles. The molecule has 8 aromatic rings. The Kier molecular flexibility index (Phi) is 5.41. The van der Waals surface area contributed by atoms with Gasteiger partial charge in [-0.15, -0.1) is 0 Å². The van der Waals surface area contributed by atoms with Gasteiger partial charge in [-0.1, -0.05) is 127 Å². The maximum Gasteiger partial charge on any atom is 0.143 e. The van der Waals surface area contributed by atoms with Gasteiger partial charge in [0.25, 0.3) is 0 Å². The lowest BCUT2D eigenvalue weighted by molar-refractivity contribution is 0.670. The van der Waals surface area contributed by atoms with E-state index in [0.717, 1.165) is 44.3 Å². The Bertz CT molecular complexity index is 2270. The second kappa shape index (κ2) is 9.62. The van der Waals surface area contributed by atoms with E-state index in [1.54, 1.807) is 18.6 Å². The highest BCUT2D eigenvalue weighted by atomic mass is 16.3. The van der Waals surface area contributed by atoms with Crippen molar-refractivity contribution in [1.82, 2.24) is 9.97 Å². The van der Waals surface area contributed by atoms with Gasteiger partial charge in [-0.25, -0.2) is 0 Å². The highest BCUT2D eigenvalue weighted by Gasteiger charge is 2.47. The van der Waals surface area contributed by atoms with Crippen LogP contribution in [0.3, 0.4) is 0 Å². The zero-order chi connectivity index (χ0) is 29.1. The molecule has 0 saturated heterocycles. The van der Waals surface area contributed by atoms with E-state index in [-0.39, 0.29) is 0 Å². The molecule has 1 aliphatic rings. The van der Waals surface area contributed by atoms with E-state index in [9.17, 15) is 0 Å². The molecule has 9 rings (SSSR count). The smallest absolute Gasteiger partial charge is 0.143 e. The average molecular weight is 563 g/mol. The third-order valence-corrected chi connectivity index (χ3v) is 9.12. The first-order valence-electron chi connectivity index (χ1n) is 14.9. The van der Waals surface area contributed by atoms with Crippen LogP contribution in [0.15, 0.2) is 163 Å². The number of para-hydroxylation sites is 1. The monoisotopic (exact) mass is 562 g/mol. The molecule has 2 heterocycles. The zero-order valence-electron chi connectivity index (χ0n) is 23.8. The number of furan rings is 1. The molecule has 0 fully saturated rings. The van der Waals surface area contributed by atoms with Gasteiger partial charge in [-0.05, 0) is 51.1 Å². The summed E-state index contributed by atoms with van der Waals surface area (Å²) in [6.07, 6.45) is 5.23. The van der Waals surface area contributed by atoms with Crippen molar-refractivity contribution in [2.75, 3.05) is 0 Å². The van der Waals surface area contributed by atoms with E-state index in [1.165, 1.54) is 33.4 Å². The summed E-state index contributed by atoms with van der Waals surface area (Å²) in [6, 6.07) is 50.2. The number of benzene rings is 6. The Morgan fingerprint density at radius 1 is 0.523 bits per heavy atom. The van der Waals surface area contributed by atoms with Crippen LogP contribution < -0.4 is 0 Å². The first-order valence-corrected chi connectivity index (χ1v) is 14.9. The summed E-state index contributed by atoms with van der Waals surface area (Å²) < 4.78 is 6.75. The molecule has 0 unspecified atom stereocenters. The summed E-state index contributed by atoms with van der Waals surface area (Å²) in [5.74, 6) is 0. The minimum Gasteiger partial charge on any atom is -0.455 e. The van der Waals surface area contributed by atoms with Gasteiger partial charge in [0.05, 0.1) is 17.3 Å². The van der Waals surface area contributed by atoms with Crippen LogP contribution in [0.5, 0.6) is 0 Å². The van der Waals surface area contributed by atoms with Gasteiger partial charge in [0.15, 0.2) is 0 Å². The highest BCUT2D eigenvalue weighted by molar-refractivity contribution is 6.15. The molecule has 0 N–H and O–H groups in total. The second-order valence-electron chi connectivity index (χ2n) is 11.3. The van der Waals surface area contributed by atoms with Gasteiger partial charge < -0.3 is 4.42 Å². The fraction of sp³-hybridized carbons (Fsp3) is 0.0244. The first kappa shape index (κ1) is 24.8. The Morgan fingerprint density at radius 3 is 1.91 bits per heavy atom. The predicted octanol–water partition coefficient (Wildman–Crippen LogP) is 10.1. The molecular weight excluding hydrogens is 536 g/mol. The molecule has 0 spiro atoms. The summed E-state index contributed by atoms with van der Waals surface area (Å²) in [5, 5.41) is 2.24. The summed E-state index contributed by atoms with van der Waals surface area (Å²) in [6.45, 7) is 0. The third kappa shape index (κ3) is 3.44. The topological polar surface area (TPSA) is 38.9 Å². The molecule has 0 bridgehead atoms. The maximum absolute atomic E-state index is 6.75. The van der Waals surface area contributed by atoms with Crippen molar-refractivity contribution in [3.05, 3.63) is 180 Å².